The average Bonchev–Trinajstić information content (AvgIpc) is 2.93. The molecule has 1 fully saturated rings. The quantitative estimate of drug-likeness (QED) is 0.905. The highest BCUT2D eigenvalue weighted by atomic mass is 16.2. The summed E-state index contributed by atoms with van der Waals surface area (Å²) < 4.78 is 0. The lowest BCUT2D eigenvalue weighted by Crippen LogP contribution is -2.50. The lowest BCUT2D eigenvalue weighted by Gasteiger charge is -2.42. The van der Waals surface area contributed by atoms with Crippen molar-refractivity contribution in [2.24, 2.45) is 0 Å². The van der Waals surface area contributed by atoms with Gasteiger partial charge in [0.15, 0.2) is 0 Å². The molecule has 3 rings (SSSR count). The molecule has 0 spiro atoms. The monoisotopic (exact) mass is 284 g/mol. The van der Waals surface area contributed by atoms with Gasteiger partial charge >= 0.3 is 0 Å². The first-order chi connectivity index (χ1) is 10.1. The molecule has 1 aromatic carbocycles. The van der Waals surface area contributed by atoms with Gasteiger partial charge < -0.3 is 5.32 Å². The van der Waals surface area contributed by atoms with Crippen molar-refractivity contribution < 1.29 is 4.79 Å². The molecule has 0 bridgehead atoms. The molecule has 1 aliphatic rings. The summed E-state index contributed by atoms with van der Waals surface area (Å²) in [6, 6.07) is 8.01. The van der Waals surface area contributed by atoms with Crippen LogP contribution in [-0.4, -0.2) is 21.1 Å². The van der Waals surface area contributed by atoms with Gasteiger partial charge in [-0.2, -0.15) is 5.10 Å². The van der Waals surface area contributed by atoms with Gasteiger partial charge in [0.2, 0.25) is 5.91 Å². The van der Waals surface area contributed by atoms with Gasteiger partial charge in [-0.1, -0.05) is 30.7 Å². The number of amides is 1. The van der Waals surface area contributed by atoms with Crippen LogP contribution in [-0.2, 0) is 10.2 Å². The maximum absolute atomic E-state index is 12.8. The highest BCUT2D eigenvalue weighted by Gasteiger charge is 2.46. The zero-order valence-electron chi connectivity index (χ0n) is 12.4. The molecule has 1 saturated carbocycles. The van der Waals surface area contributed by atoms with Crippen LogP contribution < -0.4 is 5.32 Å². The highest BCUT2D eigenvalue weighted by molar-refractivity contribution is 5.89. The fourth-order valence-corrected chi connectivity index (χ4v) is 3.09. The number of carbonyl (C=O) groups excluding carboxylic acids is 1. The Labute approximate surface area is 124 Å². The van der Waals surface area contributed by atoms with Gasteiger partial charge in [0.25, 0.3) is 0 Å². The fourth-order valence-electron chi connectivity index (χ4n) is 3.09. The first kappa shape index (κ1) is 13.8. The molecule has 0 aliphatic heterocycles. The zero-order valence-corrected chi connectivity index (χ0v) is 12.4. The number of hydrogen-bond acceptors (Lipinski definition) is 3. The molecule has 110 valence electrons. The van der Waals surface area contributed by atoms with Crippen molar-refractivity contribution in [3.05, 3.63) is 47.5 Å². The number of hydrogen-bond donors (Lipinski definition) is 2. The normalized spacial score (nSPS) is 17.8. The minimum Gasteiger partial charge on any atom is -0.346 e. The second kappa shape index (κ2) is 5.31. The van der Waals surface area contributed by atoms with E-state index in [0.717, 1.165) is 24.8 Å². The summed E-state index contributed by atoms with van der Waals surface area (Å²) in [5, 5.41) is 9.71. The van der Waals surface area contributed by atoms with Crippen LogP contribution in [0.2, 0.25) is 0 Å². The van der Waals surface area contributed by atoms with Gasteiger partial charge in [-0.05, 0) is 37.8 Å². The van der Waals surface area contributed by atoms with Crippen molar-refractivity contribution in [3.63, 3.8) is 0 Å². The van der Waals surface area contributed by atoms with E-state index in [-0.39, 0.29) is 17.4 Å². The predicted molar refractivity (Wildman–Crippen MR) is 79.6 cm³/mol. The summed E-state index contributed by atoms with van der Waals surface area (Å²) in [7, 11) is 0. The SMILES string of the molecule is Cc1ccccc1C1(C(=O)NC(C)c2ncn[nH]2)CCC1. The Morgan fingerprint density at radius 2 is 2.14 bits per heavy atom. The number of benzene rings is 1. The maximum atomic E-state index is 12.8. The largest absolute Gasteiger partial charge is 0.346 e. The molecule has 21 heavy (non-hydrogen) atoms. The third kappa shape index (κ3) is 2.33. The summed E-state index contributed by atoms with van der Waals surface area (Å²) in [4.78, 5) is 16.9. The molecule has 0 saturated heterocycles. The molecule has 1 aromatic heterocycles. The lowest BCUT2D eigenvalue weighted by atomic mass is 9.62. The Balaban J connectivity index is 1.83. The van der Waals surface area contributed by atoms with Gasteiger partial charge in [0, 0.05) is 0 Å². The molecule has 1 heterocycles. The zero-order chi connectivity index (χ0) is 14.9. The van der Waals surface area contributed by atoms with Crippen molar-refractivity contribution in [2.75, 3.05) is 0 Å². The first-order valence-corrected chi connectivity index (χ1v) is 7.36. The number of aryl methyl sites for hydroxylation is 1. The molecule has 1 unspecified atom stereocenters. The standard InChI is InChI=1S/C16H20N4O/c1-11-6-3-4-7-13(11)16(8-5-9-16)15(21)19-12(2)14-17-10-18-20-14/h3-4,6-7,10,12H,5,8-9H2,1-2H3,(H,19,21)(H,17,18,20). The van der Waals surface area contributed by atoms with Crippen LogP contribution in [0.4, 0.5) is 0 Å². The van der Waals surface area contributed by atoms with Crippen LogP contribution in [0.15, 0.2) is 30.6 Å². The van der Waals surface area contributed by atoms with Crippen molar-refractivity contribution >= 4 is 5.91 Å². The van der Waals surface area contributed by atoms with E-state index in [1.54, 1.807) is 0 Å². The second-order valence-electron chi connectivity index (χ2n) is 5.82. The van der Waals surface area contributed by atoms with Crippen LogP contribution in [0.1, 0.15) is 49.2 Å². The average molecular weight is 284 g/mol. The highest BCUT2D eigenvalue weighted by Crippen LogP contribution is 2.45. The van der Waals surface area contributed by atoms with Gasteiger partial charge in [0.1, 0.15) is 12.2 Å². The number of H-pyrrole nitrogens is 1. The summed E-state index contributed by atoms with van der Waals surface area (Å²) in [5.41, 5.74) is 1.96. The van der Waals surface area contributed by atoms with Gasteiger partial charge in [-0.3, -0.25) is 9.89 Å². The summed E-state index contributed by atoms with van der Waals surface area (Å²) in [6.45, 7) is 3.99. The molecule has 0 radical (unpaired) electrons. The van der Waals surface area contributed by atoms with Crippen LogP contribution in [0.25, 0.3) is 0 Å². The van der Waals surface area contributed by atoms with Gasteiger partial charge in [-0.25, -0.2) is 4.98 Å². The van der Waals surface area contributed by atoms with E-state index in [9.17, 15) is 4.79 Å². The Morgan fingerprint density at radius 1 is 1.38 bits per heavy atom. The molecule has 1 amide bonds. The first-order valence-electron chi connectivity index (χ1n) is 7.36. The number of nitrogens with one attached hydrogen (secondary N) is 2. The van der Waals surface area contributed by atoms with E-state index in [4.69, 9.17) is 0 Å². The smallest absolute Gasteiger partial charge is 0.231 e. The number of carbonyl (C=O) groups is 1. The van der Waals surface area contributed by atoms with Gasteiger partial charge in [0.05, 0.1) is 11.5 Å². The van der Waals surface area contributed by atoms with Crippen molar-refractivity contribution in [3.8, 4) is 0 Å². The molecule has 5 heteroatoms. The van der Waals surface area contributed by atoms with Crippen molar-refractivity contribution in [1.82, 2.24) is 20.5 Å². The van der Waals surface area contributed by atoms with Gasteiger partial charge in [-0.15, -0.1) is 0 Å². The van der Waals surface area contributed by atoms with E-state index in [0.29, 0.717) is 5.82 Å². The molecular formula is C16H20N4O. The van der Waals surface area contributed by atoms with Crippen LogP contribution in [0.3, 0.4) is 0 Å². The molecule has 2 N–H and O–H groups in total. The van der Waals surface area contributed by atoms with E-state index in [1.165, 1.54) is 11.9 Å². The van der Waals surface area contributed by atoms with Crippen molar-refractivity contribution in [1.29, 1.82) is 0 Å². The molecule has 5 nitrogen and oxygen atoms in total. The number of nitrogens with zero attached hydrogens (tertiary/aromatic N) is 2. The fraction of sp³-hybridized carbons (Fsp3) is 0.438. The van der Waals surface area contributed by atoms with E-state index >= 15 is 0 Å². The predicted octanol–water partition coefficient (Wildman–Crippen LogP) is 2.41. The number of aromatic nitrogens is 3. The van der Waals surface area contributed by atoms with Crippen LogP contribution in [0, 0.1) is 6.92 Å². The third-order valence-corrected chi connectivity index (χ3v) is 4.49. The molecule has 1 aliphatic carbocycles. The van der Waals surface area contributed by atoms with E-state index in [2.05, 4.69) is 39.6 Å². The lowest BCUT2D eigenvalue weighted by molar-refractivity contribution is -0.130. The maximum Gasteiger partial charge on any atom is 0.231 e. The topological polar surface area (TPSA) is 70.7 Å². The third-order valence-electron chi connectivity index (χ3n) is 4.49. The van der Waals surface area contributed by atoms with E-state index in [1.807, 2.05) is 19.1 Å². The molecule has 1 atom stereocenters. The summed E-state index contributed by atoms with van der Waals surface area (Å²) in [6.07, 6.45) is 4.37. The Bertz CT molecular complexity index is 631. The Morgan fingerprint density at radius 3 is 2.71 bits per heavy atom. The van der Waals surface area contributed by atoms with Crippen LogP contribution >= 0.6 is 0 Å². The summed E-state index contributed by atoms with van der Waals surface area (Å²) >= 11 is 0. The molecular weight excluding hydrogens is 264 g/mol. The van der Waals surface area contributed by atoms with Crippen LogP contribution in [0.5, 0.6) is 0 Å². The van der Waals surface area contributed by atoms with E-state index < -0.39 is 0 Å². The Hall–Kier alpha value is -2.17. The second-order valence-corrected chi connectivity index (χ2v) is 5.82. The van der Waals surface area contributed by atoms with Crippen molar-refractivity contribution in [2.45, 2.75) is 44.6 Å². The molecule has 2 aromatic rings. The Kier molecular flexibility index (Phi) is 3.49. The number of aromatic amines is 1. The summed E-state index contributed by atoms with van der Waals surface area (Å²) in [5.74, 6) is 0.773. The number of rotatable bonds is 4. The minimum absolute atomic E-state index is 0.0898. The minimum atomic E-state index is -0.375.